The predicted octanol–water partition coefficient (Wildman–Crippen LogP) is 1.11. The Bertz CT molecular complexity index is 262. The quantitative estimate of drug-likeness (QED) is 0.679. The van der Waals surface area contributed by atoms with Gasteiger partial charge in [0.2, 0.25) is 5.88 Å². The Balaban J connectivity index is 3.02. The van der Waals surface area contributed by atoms with E-state index >= 15 is 0 Å². The van der Waals surface area contributed by atoms with Gasteiger partial charge in [-0.2, -0.15) is 4.98 Å². The van der Waals surface area contributed by atoms with E-state index < -0.39 is 0 Å². The standard InChI is InChI=1S/C8H11NO3/c1-10-6-4-5-7(11-2)9-8(6)12-3/h4-5H,1-3H3. The average Bonchev–Trinajstić information content (AvgIpc) is 2.16. The van der Waals surface area contributed by atoms with Crippen LogP contribution >= 0.6 is 0 Å². The minimum atomic E-state index is 0.428. The maximum atomic E-state index is 4.99. The fraction of sp³-hybridized carbons (Fsp3) is 0.375. The molecule has 0 fully saturated rings. The molecule has 0 bridgehead atoms. The molecule has 0 spiro atoms. The molecule has 0 atom stereocenters. The summed E-state index contributed by atoms with van der Waals surface area (Å²) in [6.07, 6.45) is 0. The molecule has 0 radical (unpaired) electrons. The molecule has 0 saturated carbocycles. The van der Waals surface area contributed by atoms with Crippen molar-refractivity contribution in [1.29, 1.82) is 0 Å². The van der Waals surface area contributed by atoms with Gasteiger partial charge in [0.1, 0.15) is 0 Å². The van der Waals surface area contributed by atoms with E-state index in [2.05, 4.69) is 4.98 Å². The van der Waals surface area contributed by atoms with E-state index in [1.807, 2.05) is 0 Å². The van der Waals surface area contributed by atoms with Crippen molar-refractivity contribution >= 4 is 0 Å². The summed E-state index contributed by atoms with van der Waals surface area (Å²) >= 11 is 0. The Hall–Kier alpha value is -1.45. The van der Waals surface area contributed by atoms with Crippen LogP contribution in [0.4, 0.5) is 0 Å². The Labute approximate surface area is 71.1 Å². The van der Waals surface area contributed by atoms with E-state index in [0.717, 1.165) is 0 Å². The Morgan fingerprint density at radius 3 is 2.25 bits per heavy atom. The molecule has 4 nitrogen and oxygen atoms in total. The highest BCUT2D eigenvalue weighted by atomic mass is 16.5. The van der Waals surface area contributed by atoms with Gasteiger partial charge in [-0.3, -0.25) is 0 Å². The van der Waals surface area contributed by atoms with Gasteiger partial charge in [-0.1, -0.05) is 0 Å². The van der Waals surface area contributed by atoms with Crippen molar-refractivity contribution in [3.05, 3.63) is 12.1 Å². The van der Waals surface area contributed by atoms with E-state index in [1.54, 1.807) is 26.4 Å². The van der Waals surface area contributed by atoms with Crippen LogP contribution in [-0.2, 0) is 0 Å². The minimum Gasteiger partial charge on any atom is -0.491 e. The van der Waals surface area contributed by atoms with E-state index in [-0.39, 0.29) is 0 Å². The fourth-order valence-corrected chi connectivity index (χ4v) is 0.826. The first-order valence-electron chi connectivity index (χ1n) is 3.45. The van der Waals surface area contributed by atoms with Gasteiger partial charge >= 0.3 is 0 Å². The topological polar surface area (TPSA) is 40.6 Å². The molecule has 0 aromatic carbocycles. The zero-order chi connectivity index (χ0) is 8.97. The van der Waals surface area contributed by atoms with Gasteiger partial charge < -0.3 is 14.2 Å². The molecule has 1 heterocycles. The molecule has 0 N–H and O–H groups in total. The highest BCUT2D eigenvalue weighted by Crippen LogP contribution is 2.26. The van der Waals surface area contributed by atoms with Crippen LogP contribution in [0.25, 0.3) is 0 Å². The van der Waals surface area contributed by atoms with Gasteiger partial charge in [0, 0.05) is 6.07 Å². The van der Waals surface area contributed by atoms with Crippen molar-refractivity contribution < 1.29 is 14.2 Å². The number of aromatic nitrogens is 1. The summed E-state index contributed by atoms with van der Waals surface area (Å²) in [5.41, 5.74) is 0. The Morgan fingerprint density at radius 2 is 1.75 bits per heavy atom. The second kappa shape index (κ2) is 3.80. The zero-order valence-corrected chi connectivity index (χ0v) is 7.33. The third kappa shape index (κ3) is 1.58. The van der Waals surface area contributed by atoms with Crippen molar-refractivity contribution in [3.63, 3.8) is 0 Å². The lowest BCUT2D eigenvalue weighted by Gasteiger charge is -2.06. The minimum absolute atomic E-state index is 0.428. The second-order valence-electron chi connectivity index (χ2n) is 2.07. The maximum absolute atomic E-state index is 4.99. The zero-order valence-electron chi connectivity index (χ0n) is 7.33. The van der Waals surface area contributed by atoms with Crippen LogP contribution in [0.1, 0.15) is 0 Å². The molecule has 0 amide bonds. The molecule has 0 unspecified atom stereocenters. The van der Waals surface area contributed by atoms with Crippen LogP contribution in [0.5, 0.6) is 17.5 Å². The lowest BCUT2D eigenvalue weighted by atomic mass is 10.4. The number of hydrogen-bond donors (Lipinski definition) is 0. The number of methoxy groups -OCH3 is 3. The van der Waals surface area contributed by atoms with E-state index in [1.165, 1.54) is 7.11 Å². The molecule has 66 valence electrons. The predicted molar refractivity (Wildman–Crippen MR) is 43.9 cm³/mol. The number of ether oxygens (including phenoxy) is 3. The van der Waals surface area contributed by atoms with Crippen molar-refractivity contribution in [2.45, 2.75) is 0 Å². The van der Waals surface area contributed by atoms with Crippen molar-refractivity contribution in [3.8, 4) is 17.5 Å². The van der Waals surface area contributed by atoms with Gasteiger partial charge in [-0.25, -0.2) is 0 Å². The highest BCUT2D eigenvalue weighted by Gasteiger charge is 2.05. The SMILES string of the molecule is COc1ccc(OC)c(OC)n1. The number of rotatable bonds is 3. The molecule has 0 saturated heterocycles. The van der Waals surface area contributed by atoms with E-state index in [0.29, 0.717) is 17.5 Å². The van der Waals surface area contributed by atoms with E-state index in [9.17, 15) is 0 Å². The van der Waals surface area contributed by atoms with Gasteiger partial charge in [0.15, 0.2) is 5.75 Å². The molecule has 0 aliphatic rings. The first kappa shape index (κ1) is 8.64. The summed E-state index contributed by atoms with van der Waals surface area (Å²) in [5.74, 6) is 1.53. The highest BCUT2D eigenvalue weighted by molar-refractivity contribution is 5.36. The van der Waals surface area contributed by atoms with Crippen molar-refractivity contribution in [1.82, 2.24) is 4.98 Å². The molecular weight excluding hydrogens is 158 g/mol. The number of hydrogen-bond acceptors (Lipinski definition) is 4. The smallest absolute Gasteiger partial charge is 0.260 e. The normalized spacial score (nSPS) is 9.25. The summed E-state index contributed by atoms with van der Waals surface area (Å²) in [6, 6.07) is 3.45. The molecule has 0 aliphatic carbocycles. The third-order valence-corrected chi connectivity index (χ3v) is 1.42. The molecule has 4 heteroatoms. The number of pyridine rings is 1. The third-order valence-electron chi connectivity index (χ3n) is 1.42. The van der Waals surface area contributed by atoms with Crippen LogP contribution in [0, 0.1) is 0 Å². The Morgan fingerprint density at radius 1 is 1.00 bits per heavy atom. The molecule has 1 rings (SSSR count). The van der Waals surface area contributed by atoms with Gasteiger partial charge in [0.25, 0.3) is 5.88 Å². The van der Waals surface area contributed by atoms with Gasteiger partial charge in [-0.05, 0) is 6.07 Å². The molecule has 0 aliphatic heterocycles. The van der Waals surface area contributed by atoms with Crippen LogP contribution in [0.2, 0.25) is 0 Å². The first-order chi connectivity index (χ1) is 5.81. The van der Waals surface area contributed by atoms with Crippen LogP contribution in [0.15, 0.2) is 12.1 Å². The van der Waals surface area contributed by atoms with Crippen molar-refractivity contribution in [2.24, 2.45) is 0 Å². The van der Waals surface area contributed by atoms with Crippen molar-refractivity contribution in [2.75, 3.05) is 21.3 Å². The molecule has 1 aromatic rings. The number of nitrogens with zero attached hydrogens (tertiary/aromatic N) is 1. The molecule has 12 heavy (non-hydrogen) atoms. The first-order valence-corrected chi connectivity index (χ1v) is 3.45. The Kier molecular flexibility index (Phi) is 2.74. The van der Waals surface area contributed by atoms with Gasteiger partial charge in [0.05, 0.1) is 21.3 Å². The van der Waals surface area contributed by atoms with Crippen LogP contribution in [0.3, 0.4) is 0 Å². The lowest BCUT2D eigenvalue weighted by molar-refractivity contribution is 0.329. The average molecular weight is 169 g/mol. The summed E-state index contributed by atoms with van der Waals surface area (Å²) in [4.78, 5) is 4.01. The summed E-state index contributed by atoms with van der Waals surface area (Å²) in [6.45, 7) is 0. The molecule has 1 aromatic heterocycles. The maximum Gasteiger partial charge on any atom is 0.260 e. The molecular formula is C8H11NO3. The largest absolute Gasteiger partial charge is 0.491 e. The lowest BCUT2D eigenvalue weighted by Crippen LogP contribution is -1.95. The van der Waals surface area contributed by atoms with Crippen LogP contribution in [-0.4, -0.2) is 26.3 Å². The summed E-state index contributed by atoms with van der Waals surface area (Å²) < 4.78 is 14.9. The summed E-state index contributed by atoms with van der Waals surface area (Å²) in [5, 5.41) is 0. The monoisotopic (exact) mass is 169 g/mol. The van der Waals surface area contributed by atoms with Gasteiger partial charge in [-0.15, -0.1) is 0 Å². The summed E-state index contributed by atoms with van der Waals surface area (Å²) in [7, 11) is 4.64. The fourth-order valence-electron chi connectivity index (χ4n) is 0.826. The second-order valence-corrected chi connectivity index (χ2v) is 2.07. The van der Waals surface area contributed by atoms with Crippen LogP contribution < -0.4 is 14.2 Å². The van der Waals surface area contributed by atoms with E-state index in [4.69, 9.17) is 14.2 Å².